The van der Waals surface area contributed by atoms with Crippen LogP contribution in [0.5, 0.6) is 5.75 Å². The molecule has 0 aliphatic carbocycles. The van der Waals surface area contributed by atoms with Gasteiger partial charge in [-0.2, -0.15) is 5.10 Å². The van der Waals surface area contributed by atoms with Gasteiger partial charge in [-0.25, -0.2) is 9.97 Å². The average molecular weight is 238 g/mol. The molecule has 0 bridgehead atoms. The molecule has 0 spiro atoms. The second-order valence-corrected chi connectivity index (χ2v) is 3.83. The first-order chi connectivity index (χ1) is 8.83. The second kappa shape index (κ2) is 4.29. The summed E-state index contributed by atoms with van der Waals surface area (Å²) in [6, 6.07) is 7.84. The maximum atomic E-state index is 9.14. The number of aromatic hydroxyl groups is 1. The smallest absolute Gasteiger partial charge is 0.159 e. The lowest BCUT2D eigenvalue weighted by atomic mass is 10.1. The first-order valence-corrected chi connectivity index (χ1v) is 5.43. The van der Waals surface area contributed by atoms with E-state index in [1.54, 1.807) is 6.20 Å². The first-order valence-electron chi connectivity index (χ1n) is 5.43. The predicted octanol–water partition coefficient (Wildman–Crippen LogP) is 2.24. The van der Waals surface area contributed by atoms with Gasteiger partial charge in [-0.3, -0.25) is 5.10 Å². The van der Waals surface area contributed by atoms with Gasteiger partial charge < -0.3 is 5.11 Å². The quantitative estimate of drug-likeness (QED) is 0.718. The number of hydrogen-bond donors (Lipinski definition) is 2. The molecule has 0 aliphatic heterocycles. The molecule has 3 rings (SSSR count). The van der Waals surface area contributed by atoms with Crippen LogP contribution < -0.4 is 0 Å². The van der Waals surface area contributed by atoms with Crippen molar-refractivity contribution in [2.75, 3.05) is 0 Å². The Kier molecular flexibility index (Phi) is 2.49. The molecular weight excluding hydrogens is 228 g/mol. The zero-order chi connectivity index (χ0) is 12.4. The number of aromatic amines is 1. The van der Waals surface area contributed by atoms with E-state index in [2.05, 4.69) is 20.2 Å². The zero-order valence-corrected chi connectivity index (χ0v) is 9.41. The van der Waals surface area contributed by atoms with Crippen molar-refractivity contribution in [3.05, 3.63) is 49.1 Å². The van der Waals surface area contributed by atoms with Crippen LogP contribution in [0.1, 0.15) is 0 Å². The van der Waals surface area contributed by atoms with Crippen molar-refractivity contribution >= 4 is 0 Å². The Morgan fingerprint density at radius 2 is 1.50 bits per heavy atom. The van der Waals surface area contributed by atoms with Crippen LogP contribution in [-0.4, -0.2) is 25.3 Å². The average Bonchev–Trinajstić information content (AvgIpc) is 2.94. The van der Waals surface area contributed by atoms with Crippen LogP contribution in [0.4, 0.5) is 0 Å². The van der Waals surface area contributed by atoms with E-state index >= 15 is 0 Å². The number of aromatic nitrogens is 4. The summed E-state index contributed by atoms with van der Waals surface area (Å²) >= 11 is 0. The van der Waals surface area contributed by atoms with E-state index < -0.39 is 0 Å². The Bertz CT molecular complexity index is 630. The third-order valence-electron chi connectivity index (χ3n) is 2.61. The highest BCUT2D eigenvalue weighted by Crippen LogP contribution is 2.22. The lowest BCUT2D eigenvalue weighted by Gasteiger charge is -2.01. The molecule has 18 heavy (non-hydrogen) atoms. The summed E-state index contributed by atoms with van der Waals surface area (Å²) in [5.41, 5.74) is 3.02. The van der Waals surface area contributed by atoms with E-state index in [4.69, 9.17) is 5.11 Å². The highest BCUT2D eigenvalue weighted by molar-refractivity contribution is 5.66. The van der Waals surface area contributed by atoms with Crippen molar-refractivity contribution in [3.63, 3.8) is 0 Å². The normalized spacial score (nSPS) is 10.4. The summed E-state index contributed by atoms with van der Waals surface area (Å²) in [5.74, 6) is 0.653. The van der Waals surface area contributed by atoms with Crippen LogP contribution in [0.25, 0.3) is 22.5 Å². The number of nitrogens with one attached hydrogen (secondary N) is 1. The third kappa shape index (κ3) is 1.93. The number of nitrogens with zero attached hydrogens (tertiary/aromatic N) is 3. The third-order valence-corrected chi connectivity index (χ3v) is 2.61. The second-order valence-electron chi connectivity index (χ2n) is 3.83. The van der Waals surface area contributed by atoms with E-state index in [1.807, 2.05) is 30.5 Å². The fraction of sp³-hybridized carbons (Fsp3) is 0. The van der Waals surface area contributed by atoms with E-state index in [0.717, 1.165) is 16.7 Å². The van der Waals surface area contributed by atoms with Crippen molar-refractivity contribution in [2.24, 2.45) is 0 Å². The fourth-order valence-corrected chi connectivity index (χ4v) is 1.69. The van der Waals surface area contributed by atoms with Gasteiger partial charge in [-0.05, 0) is 5.56 Å². The molecule has 1 aromatic carbocycles. The molecule has 0 radical (unpaired) electrons. The summed E-state index contributed by atoms with van der Waals surface area (Å²) in [4.78, 5) is 8.12. The lowest BCUT2D eigenvalue weighted by Crippen LogP contribution is -1.87. The molecule has 0 amide bonds. The zero-order valence-electron chi connectivity index (χ0n) is 9.41. The van der Waals surface area contributed by atoms with Crippen LogP contribution in [0, 0.1) is 0 Å². The summed E-state index contributed by atoms with van der Waals surface area (Å²) in [6.07, 6.45) is 6.37. The largest absolute Gasteiger partial charge is 0.505 e. The minimum atomic E-state index is 0.0637. The van der Waals surface area contributed by atoms with Crippen molar-refractivity contribution in [3.8, 4) is 28.3 Å². The number of rotatable bonds is 2. The number of hydrogen-bond acceptors (Lipinski definition) is 4. The van der Waals surface area contributed by atoms with Gasteiger partial charge in [0.1, 0.15) is 0 Å². The molecule has 0 saturated heterocycles. The Morgan fingerprint density at radius 1 is 0.833 bits per heavy atom. The molecule has 5 nitrogen and oxygen atoms in total. The molecule has 2 heterocycles. The van der Waals surface area contributed by atoms with Gasteiger partial charge in [0, 0.05) is 17.3 Å². The molecule has 2 N–H and O–H groups in total. The maximum Gasteiger partial charge on any atom is 0.159 e. The van der Waals surface area contributed by atoms with Gasteiger partial charge in [0.25, 0.3) is 0 Å². The highest BCUT2D eigenvalue weighted by Gasteiger charge is 2.03. The van der Waals surface area contributed by atoms with Gasteiger partial charge in [0.2, 0.25) is 0 Å². The van der Waals surface area contributed by atoms with Crippen molar-refractivity contribution in [2.45, 2.75) is 0 Å². The monoisotopic (exact) mass is 238 g/mol. The summed E-state index contributed by atoms with van der Waals surface area (Å²) in [6.45, 7) is 0. The molecular formula is C13H10N4O. The van der Waals surface area contributed by atoms with E-state index in [9.17, 15) is 0 Å². The predicted molar refractivity (Wildman–Crippen MR) is 66.7 cm³/mol. The summed E-state index contributed by atoms with van der Waals surface area (Å²) in [7, 11) is 0. The van der Waals surface area contributed by atoms with Crippen LogP contribution in [0.15, 0.2) is 49.1 Å². The van der Waals surface area contributed by atoms with E-state index in [0.29, 0.717) is 5.82 Å². The molecule has 5 heteroatoms. The van der Waals surface area contributed by atoms with Gasteiger partial charge in [0.15, 0.2) is 11.6 Å². The fourth-order valence-electron chi connectivity index (χ4n) is 1.69. The topological polar surface area (TPSA) is 74.7 Å². The van der Waals surface area contributed by atoms with E-state index in [-0.39, 0.29) is 5.75 Å². The maximum absolute atomic E-state index is 9.14. The molecule has 88 valence electrons. The molecule has 3 aromatic rings. The van der Waals surface area contributed by atoms with Crippen LogP contribution in [0.3, 0.4) is 0 Å². The Hall–Kier alpha value is -2.69. The van der Waals surface area contributed by atoms with Gasteiger partial charge in [0.05, 0.1) is 18.6 Å². The van der Waals surface area contributed by atoms with Crippen LogP contribution in [0.2, 0.25) is 0 Å². The standard InChI is InChI=1S/C13H10N4O/c18-12-7-14-13(15-8-12)10-3-1-9(2-4-10)11-5-16-17-6-11/h1-8,18H,(H,16,17). The van der Waals surface area contributed by atoms with Crippen LogP contribution >= 0.6 is 0 Å². The van der Waals surface area contributed by atoms with E-state index in [1.165, 1.54) is 12.4 Å². The first kappa shape index (κ1) is 10.5. The minimum Gasteiger partial charge on any atom is -0.505 e. The van der Waals surface area contributed by atoms with Crippen molar-refractivity contribution in [1.29, 1.82) is 0 Å². The Labute approximate surface area is 103 Å². The van der Waals surface area contributed by atoms with Gasteiger partial charge >= 0.3 is 0 Å². The highest BCUT2D eigenvalue weighted by atomic mass is 16.3. The molecule has 0 fully saturated rings. The molecule has 0 unspecified atom stereocenters. The number of H-pyrrole nitrogens is 1. The van der Waals surface area contributed by atoms with Gasteiger partial charge in [-0.1, -0.05) is 24.3 Å². The SMILES string of the molecule is Oc1cnc(-c2ccc(-c3cn[nH]c3)cc2)nc1. The van der Waals surface area contributed by atoms with Crippen molar-refractivity contribution in [1.82, 2.24) is 20.2 Å². The molecule has 0 saturated carbocycles. The summed E-state index contributed by atoms with van der Waals surface area (Å²) in [5, 5.41) is 15.8. The van der Waals surface area contributed by atoms with Crippen LogP contribution in [-0.2, 0) is 0 Å². The molecule has 0 atom stereocenters. The Balaban J connectivity index is 1.94. The molecule has 2 aromatic heterocycles. The number of benzene rings is 1. The van der Waals surface area contributed by atoms with Gasteiger partial charge in [-0.15, -0.1) is 0 Å². The Morgan fingerprint density at radius 3 is 2.11 bits per heavy atom. The lowest BCUT2D eigenvalue weighted by molar-refractivity contribution is 0.470. The minimum absolute atomic E-state index is 0.0637. The summed E-state index contributed by atoms with van der Waals surface area (Å²) < 4.78 is 0. The van der Waals surface area contributed by atoms with Crippen molar-refractivity contribution < 1.29 is 5.11 Å². The molecule has 0 aliphatic rings.